The summed E-state index contributed by atoms with van der Waals surface area (Å²) in [6, 6.07) is 17.7. The van der Waals surface area contributed by atoms with Crippen molar-refractivity contribution in [1.29, 1.82) is 0 Å². The predicted molar refractivity (Wildman–Crippen MR) is 120 cm³/mol. The van der Waals surface area contributed by atoms with Gasteiger partial charge in [-0.15, -0.1) is 0 Å². The van der Waals surface area contributed by atoms with Gasteiger partial charge in [-0.3, -0.25) is 9.69 Å². The summed E-state index contributed by atoms with van der Waals surface area (Å²) in [6.45, 7) is -0.197. The van der Waals surface area contributed by atoms with Gasteiger partial charge in [-0.05, 0) is 47.5 Å². The molecule has 1 heterocycles. The monoisotopic (exact) mass is 498 g/mol. The summed E-state index contributed by atoms with van der Waals surface area (Å²) in [7, 11) is 3.09. The van der Waals surface area contributed by atoms with Crippen LogP contribution in [0, 0.1) is 5.82 Å². The standard InChI is InChI=1S/C24H20BrFN2O4/c1-31-19-9-4-16(5-10-19)24(17-6-11-20(32-2)12-7-17)22(29)28(23(30)27-24)14-15-3-8-18(25)13-21(15)26/h3-13H,14H2,1-2H3,(H,27,30). The zero-order chi connectivity index (χ0) is 22.9. The Kier molecular flexibility index (Phi) is 5.88. The zero-order valence-corrected chi connectivity index (χ0v) is 19.0. The quantitative estimate of drug-likeness (QED) is 0.504. The van der Waals surface area contributed by atoms with Gasteiger partial charge >= 0.3 is 6.03 Å². The molecule has 164 valence electrons. The molecule has 1 aliphatic heterocycles. The molecular formula is C24H20BrFN2O4. The topological polar surface area (TPSA) is 67.9 Å². The molecule has 6 nitrogen and oxygen atoms in total. The van der Waals surface area contributed by atoms with Gasteiger partial charge in [0.05, 0.1) is 20.8 Å². The van der Waals surface area contributed by atoms with Crippen LogP contribution in [0.5, 0.6) is 11.5 Å². The average Bonchev–Trinajstić information content (AvgIpc) is 3.06. The highest BCUT2D eigenvalue weighted by molar-refractivity contribution is 9.10. The lowest BCUT2D eigenvalue weighted by Gasteiger charge is -2.28. The normalized spacial score (nSPS) is 14.9. The molecule has 0 atom stereocenters. The van der Waals surface area contributed by atoms with Crippen LogP contribution in [0.1, 0.15) is 16.7 Å². The Morgan fingerprint density at radius 1 is 0.906 bits per heavy atom. The van der Waals surface area contributed by atoms with Gasteiger partial charge in [-0.25, -0.2) is 9.18 Å². The number of halogens is 2. The molecule has 0 spiro atoms. The van der Waals surface area contributed by atoms with Gasteiger partial charge in [0.25, 0.3) is 5.91 Å². The molecule has 32 heavy (non-hydrogen) atoms. The summed E-state index contributed by atoms with van der Waals surface area (Å²) in [6.07, 6.45) is 0. The van der Waals surface area contributed by atoms with Crippen LogP contribution in [0.25, 0.3) is 0 Å². The largest absolute Gasteiger partial charge is 0.497 e. The van der Waals surface area contributed by atoms with Crippen molar-refractivity contribution in [2.45, 2.75) is 12.1 Å². The average molecular weight is 499 g/mol. The maximum absolute atomic E-state index is 14.4. The van der Waals surface area contributed by atoms with E-state index in [-0.39, 0.29) is 12.1 Å². The predicted octanol–water partition coefficient (Wildman–Crippen LogP) is 4.60. The summed E-state index contributed by atoms with van der Waals surface area (Å²) in [4.78, 5) is 27.8. The second kappa shape index (κ2) is 8.63. The minimum atomic E-state index is -1.47. The van der Waals surface area contributed by atoms with Crippen LogP contribution in [0.4, 0.5) is 9.18 Å². The Balaban J connectivity index is 1.80. The zero-order valence-electron chi connectivity index (χ0n) is 17.4. The molecule has 0 bridgehead atoms. The number of hydrogen-bond donors (Lipinski definition) is 1. The second-order valence-corrected chi connectivity index (χ2v) is 8.18. The maximum Gasteiger partial charge on any atom is 0.325 e. The van der Waals surface area contributed by atoms with E-state index in [1.54, 1.807) is 74.9 Å². The number of methoxy groups -OCH3 is 2. The van der Waals surface area contributed by atoms with Crippen LogP contribution < -0.4 is 14.8 Å². The van der Waals surface area contributed by atoms with E-state index in [0.717, 1.165) is 4.90 Å². The van der Waals surface area contributed by atoms with E-state index in [0.29, 0.717) is 27.1 Å². The van der Waals surface area contributed by atoms with Gasteiger partial charge in [0, 0.05) is 10.0 Å². The van der Waals surface area contributed by atoms with E-state index in [1.165, 1.54) is 6.07 Å². The second-order valence-electron chi connectivity index (χ2n) is 7.26. The number of carbonyl (C=O) groups excluding carboxylic acids is 2. The van der Waals surface area contributed by atoms with Crippen molar-refractivity contribution in [2.24, 2.45) is 0 Å². The van der Waals surface area contributed by atoms with Crippen LogP contribution in [0.15, 0.2) is 71.2 Å². The molecule has 1 N–H and O–H groups in total. The first-order valence-corrected chi connectivity index (χ1v) is 10.6. The lowest BCUT2D eigenvalue weighted by molar-refractivity contribution is -0.130. The fourth-order valence-electron chi connectivity index (χ4n) is 3.78. The Morgan fingerprint density at radius 2 is 1.44 bits per heavy atom. The molecule has 1 aliphatic rings. The number of carbonyl (C=O) groups is 2. The molecule has 3 amide bonds. The van der Waals surface area contributed by atoms with Crippen molar-refractivity contribution in [1.82, 2.24) is 10.2 Å². The van der Waals surface area contributed by atoms with Crippen molar-refractivity contribution in [3.63, 3.8) is 0 Å². The summed E-state index contributed by atoms with van der Waals surface area (Å²) in [5.41, 5.74) is -0.125. The third kappa shape index (κ3) is 3.71. The number of rotatable bonds is 6. The molecule has 0 saturated carbocycles. The highest BCUT2D eigenvalue weighted by atomic mass is 79.9. The molecule has 4 rings (SSSR count). The number of benzene rings is 3. The van der Waals surface area contributed by atoms with Crippen molar-refractivity contribution >= 4 is 27.9 Å². The summed E-state index contributed by atoms with van der Waals surface area (Å²) < 4.78 is 25.5. The summed E-state index contributed by atoms with van der Waals surface area (Å²) in [5, 5.41) is 2.85. The van der Waals surface area contributed by atoms with Gasteiger partial charge < -0.3 is 14.8 Å². The van der Waals surface area contributed by atoms with Crippen LogP contribution in [-0.2, 0) is 16.9 Å². The van der Waals surface area contributed by atoms with E-state index in [4.69, 9.17) is 9.47 Å². The molecule has 1 fully saturated rings. The first-order valence-electron chi connectivity index (χ1n) is 9.76. The smallest absolute Gasteiger partial charge is 0.325 e. The molecule has 0 aliphatic carbocycles. The molecule has 3 aromatic rings. The van der Waals surface area contributed by atoms with E-state index >= 15 is 0 Å². The third-order valence-electron chi connectivity index (χ3n) is 5.50. The summed E-state index contributed by atoms with van der Waals surface area (Å²) >= 11 is 3.22. The minimum absolute atomic E-state index is 0.197. The Bertz CT molecular complexity index is 1120. The van der Waals surface area contributed by atoms with Crippen molar-refractivity contribution in [2.75, 3.05) is 14.2 Å². The van der Waals surface area contributed by atoms with Gasteiger partial charge in [-0.2, -0.15) is 0 Å². The highest BCUT2D eigenvalue weighted by Gasteiger charge is 2.53. The number of nitrogens with zero attached hydrogens (tertiary/aromatic N) is 1. The number of hydrogen-bond acceptors (Lipinski definition) is 4. The summed E-state index contributed by atoms with van der Waals surface area (Å²) in [5.74, 6) is 0.222. The van der Waals surface area contributed by atoms with Gasteiger partial charge in [0.15, 0.2) is 5.54 Å². The number of urea groups is 1. The highest BCUT2D eigenvalue weighted by Crippen LogP contribution is 2.38. The Morgan fingerprint density at radius 3 is 1.91 bits per heavy atom. The lowest BCUT2D eigenvalue weighted by Crippen LogP contribution is -2.45. The molecule has 1 saturated heterocycles. The molecule has 8 heteroatoms. The molecule has 3 aromatic carbocycles. The fourth-order valence-corrected chi connectivity index (χ4v) is 4.11. The first kappa shape index (κ1) is 21.8. The molecule has 0 radical (unpaired) electrons. The number of amides is 3. The Hall–Kier alpha value is -3.39. The molecular weight excluding hydrogens is 479 g/mol. The maximum atomic E-state index is 14.4. The van der Waals surface area contributed by atoms with Gasteiger partial charge in [-0.1, -0.05) is 46.3 Å². The fraction of sp³-hybridized carbons (Fsp3) is 0.167. The van der Waals surface area contributed by atoms with E-state index < -0.39 is 23.3 Å². The van der Waals surface area contributed by atoms with E-state index in [1.807, 2.05) is 0 Å². The molecule has 0 unspecified atom stereocenters. The minimum Gasteiger partial charge on any atom is -0.497 e. The lowest BCUT2D eigenvalue weighted by atomic mass is 9.82. The van der Waals surface area contributed by atoms with Crippen molar-refractivity contribution < 1.29 is 23.5 Å². The van der Waals surface area contributed by atoms with Gasteiger partial charge in [0.2, 0.25) is 0 Å². The SMILES string of the molecule is COc1ccc(C2(c3ccc(OC)cc3)NC(=O)N(Cc3ccc(Br)cc3F)C2=O)cc1. The van der Waals surface area contributed by atoms with Crippen LogP contribution in [-0.4, -0.2) is 31.1 Å². The first-order chi connectivity index (χ1) is 15.4. The van der Waals surface area contributed by atoms with E-state index in [2.05, 4.69) is 21.2 Å². The van der Waals surface area contributed by atoms with Crippen LogP contribution in [0.2, 0.25) is 0 Å². The van der Waals surface area contributed by atoms with Crippen LogP contribution >= 0.6 is 15.9 Å². The Labute approximate surface area is 193 Å². The van der Waals surface area contributed by atoms with Crippen molar-refractivity contribution in [3.8, 4) is 11.5 Å². The van der Waals surface area contributed by atoms with Gasteiger partial charge in [0.1, 0.15) is 17.3 Å². The molecule has 0 aromatic heterocycles. The third-order valence-corrected chi connectivity index (χ3v) is 5.99. The van der Waals surface area contributed by atoms with E-state index in [9.17, 15) is 14.0 Å². The number of ether oxygens (including phenoxy) is 2. The number of imide groups is 1. The number of nitrogens with one attached hydrogen (secondary N) is 1. The van der Waals surface area contributed by atoms with Crippen molar-refractivity contribution in [3.05, 3.63) is 93.7 Å². The van der Waals surface area contributed by atoms with Crippen LogP contribution in [0.3, 0.4) is 0 Å².